The maximum atomic E-state index is 6.20. The molecule has 14 heavy (non-hydrogen) atoms. The van der Waals surface area contributed by atoms with Gasteiger partial charge in [0, 0.05) is 25.6 Å². The second-order valence-corrected chi connectivity index (χ2v) is 5.12. The van der Waals surface area contributed by atoms with Crippen molar-refractivity contribution in [2.45, 2.75) is 50.7 Å². The Morgan fingerprint density at radius 1 is 1.00 bits per heavy atom. The van der Waals surface area contributed by atoms with Crippen LogP contribution in [0.25, 0.3) is 0 Å². The van der Waals surface area contributed by atoms with Crippen molar-refractivity contribution in [3.63, 3.8) is 0 Å². The van der Waals surface area contributed by atoms with Crippen molar-refractivity contribution in [1.82, 2.24) is 4.90 Å². The van der Waals surface area contributed by atoms with Gasteiger partial charge in [0.15, 0.2) is 0 Å². The molecule has 2 heterocycles. The van der Waals surface area contributed by atoms with E-state index in [4.69, 9.17) is 4.74 Å². The van der Waals surface area contributed by atoms with Gasteiger partial charge in [-0.15, -0.1) is 0 Å². The summed E-state index contributed by atoms with van der Waals surface area (Å²) in [6.45, 7) is 3.58. The number of nitrogens with zero attached hydrogens (tertiary/aromatic N) is 1. The van der Waals surface area contributed by atoms with E-state index in [2.05, 4.69) is 4.90 Å². The summed E-state index contributed by atoms with van der Waals surface area (Å²) in [4.78, 5) is 2.66. The molecule has 3 fully saturated rings. The van der Waals surface area contributed by atoms with Gasteiger partial charge in [0.1, 0.15) is 5.72 Å². The molecule has 2 unspecified atom stereocenters. The zero-order valence-electron chi connectivity index (χ0n) is 9.00. The summed E-state index contributed by atoms with van der Waals surface area (Å²) in [5.74, 6) is 0.856. The smallest absolute Gasteiger partial charge is 0.124 e. The Hall–Kier alpha value is -0.0800. The number of fused-ring (bicyclic) bond motifs is 1. The molecule has 2 aliphatic heterocycles. The first-order chi connectivity index (χ1) is 6.92. The van der Waals surface area contributed by atoms with Crippen molar-refractivity contribution in [2.24, 2.45) is 5.92 Å². The Labute approximate surface area is 86.6 Å². The van der Waals surface area contributed by atoms with Crippen LogP contribution in [0.3, 0.4) is 0 Å². The normalized spacial score (nSPS) is 44.1. The third-order valence-corrected chi connectivity index (χ3v) is 4.42. The summed E-state index contributed by atoms with van der Waals surface area (Å²) >= 11 is 0. The zero-order valence-corrected chi connectivity index (χ0v) is 9.00. The molecule has 2 saturated heterocycles. The molecule has 0 spiro atoms. The van der Waals surface area contributed by atoms with Gasteiger partial charge in [-0.3, -0.25) is 4.90 Å². The topological polar surface area (TPSA) is 12.5 Å². The molecule has 80 valence electrons. The van der Waals surface area contributed by atoms with Crippen LogP contribution in [0, 0.1) is 5.92 Å². The van der Waals surface area contributed by atoms with Gasteiger partial charge < -0.3 is 4.74 Å². The fraction of sp³-hybridized carbons (Fsp3) is 1.00. The molecule has 0 aromatic carbocycles. The fourth-order valence-corrected chi connectivity index (χ4v) is 3.77. The average molecular weight is 195 g/mol. The van der Waals surface area contributed by atoms with Crippen LogP contribution in [0.5, 0.6) is 0 Å². The van der Waals surface area contributed by atoms with E-state index < -0.39 is 0 Å². The van der Waals surface area contributed by atoms with Gasteiger partial charge in [-0.25, -0.2) is 0 Å². The Kier molecular flexibility index (Phi) is 2.29. The van der Waals surface area contributed by atoms with Gasteiger partial charge in [0.05, 0.1) is 0 Å². The van der Waals surface area contributed by atoms with Crippen molar-refractivity contribution in [2.75, 3.05) is 19.7 Å². The Morgan fingerprint density at radius 2 is 1.79 bits per heavy atom. The summed E-state index contributed by atoms with van der Waals surface area (Å²) in [5, 5.41) is 0. The molecule has 2 heteroatoms. The summed E-state index contributed by atoms with van der Waals surface area (Å²) < 4.78 is 6.20. The lowest BCUT2D eigenvalue weighted by atomic mass is 9.90. The van der Waals surface area contributed by atoms with Crippen LogP contribution in [0.15, 0.2) is 0 Å². The van der Waals surface area contributed by atoms with E-state index in [1.54, 1.807) is 0 Å². The molecule has 3 rings (SSSR count). The molecule has 0 amide bonds. The lowest BCUT2D eigenvalue weighted by Crippen LogP contribution is -2.54. The monoisotopic (exact) mass is 195 g/mol. The average Bonchev–Trinajstić information content (AvgIpc) is 2.87. The summed E-state index contributed by atoms with van der Waals surface area (Å²) in [6.07, 6.45) is 9.59. The van der Waals surface area contributed by atoms with E-state index in [9.17, 15) is 0 Å². The van der Waals surface area contributed by atoms with Gasteiger partial charge in [-0.2, -0.15) is 0 Å². The molecule has 0 aromatic rings. The Morgan fingerprint density at radius 3 is 2.64 bits per heavy atom. The molecule has 2 nitrogen and oxygen atoms in total. The predicted octanol–water partition coefficient (Wildman–Crippen LogP) is 2.39. The molecule has 0 N–H and O–H groups in total. The van der Waals surface area contributed by atoms with Gasteiger partial charge in [-0.05, 0) is 44.9 Å². The van der Waals surface area contributed by atoms with Crippen molar-refractivity contribution in [3.05, 3.63) is 0 Å². The van der Waals surface area contributed by atoms with Crippen LogP contribution in [0.1, 0.15) is 44.9 Å². The molecular weight excluding hydrogens is 174 g/mol. The SMILES string of the molecule is C1COC2(N3CCCC3)CCCC2C1. The van der Waals surface area contributed by atoms with E-state index in [0.29, 0.717) is 0 Å². The minimum Gasteiger partial charge on any atom is -0.360 e. The maximum absolute atomic E-state index is 6.20. The number of likely N-dealkylation sites (tertiary alicyclic amines) is 1. The summed E-state index contributed by atoms with van der Waals surface area (Å²) in [5.41, 5.74) is 0.203. The zero-order chi connectivity index (χ0) is 9.43. The highest BCUT2D eigenvalue weighted by Crippen LogP contribution is 2.47. The number of ether oxygens (including phenoxy) is 1. The molecule has 0 aromatic heterocycles. The molecule has 3 aliphatic rings. The van der Waals surface area contributed by atoms with Gasteiger partial charge in [0.25, 0.3) is 0 Å². The molecule has 1 aliphatic carbocycles. The van der Waals surface area contributed by atoms with Crippen LogP contribution < -0.4 is 0 Å². The highest BCUT2D eigenvalue weighted by molar-refractivity contribution is 4.97. The maximum Gasteiger partial charge on any atom is 0.124 e. The first-order valence-electron chi connectivity index (χ1n) is 6.31. The van der Waals surface area contributed by atoms with E-state index in [-0.39, 0.29) is 5.72 Å². The third kappa shape index (κ3) is 1.24. The van der Waals surface area contributed by atoms with Gasteiger partial charge in [0.2, 0.25) is 0 Å². The molecular formula is C12H21NO. The van der Waals surface area contributed by atoms with E-state index in [0.717, 1.165) is 12.5 Å². The van der Waals surface area contributed by atoms with E-state index in [1.807, 2.05) is 0 Å². The summed E-state index contributed by atoms with van der Waals surface area (Å²) in [6, 6.07) is 0. The minimum atomic E-state index is 0.203. The second-order valence-electron chi connectivity index (χ2n) is 5.12. The highest BCUT2D eigenvalue weighted by atomic mass is 16.5. The molecule has 0 bridgehead atoms. The minimum absolute atomic E-state index is 0.203. The fourth-order valence-electron chi connectivity index (χ4n) is 3.77. The van der Waals surface area contributed by atoms with E-state index in [1.165, 1.54) is 58.0 Å². The lowest BCUT2D eigenvalue weighted by Gasteiger charge is -2.46. The predicted molar refractivity (Wildman–Crippen MR) is 56.1 cm³/mol. The highest BCUT2D eigenvalue weighted by Gasteiger charge is 2.50. The standard InChI is InChI=1S/C12H21NO/c1-2-9-13(8-1)12-7-3-5-11(12)6-4-10-14-12/h11H,1-10H2. The van der Waals surface area contributed by atoms with Crippen LogP contribution in [0.4, 0.5) is 0 Å². The molecule has 0 radical (unpaired) electrons. The summed E-state index contributed by atoms with van der Waals surface area (Å²) in [7, 11) is 0. The quantitative estimate of drug-likeness (QED) is 0.637. The van der Waals surface area contributed by atoms with Gasteiger partial charge >= 0.3 is 0 Å². The van der Waals surface area contributed by atoms with Crippen LogP contribution in [-0.4, -0.2) is 30.3 Å². The Balaban J connectivity index is 1.83. The van der Waals surface area contributed by atoms with Crippen molar-refractivity contribution >= 4 is 0 Å². The van der Waals surface area contributed by atoms with Crippen molar-refractivity contribution in [3.8, 4) is 0 Å². The lowest BCUT2D eigenvalue weighted by molar-refractivity contribution is -0.194. The largest absolute Gasteiger partial charge is 0.360 e. The second kappa shape index (κ2) is 3.49. The van der Waals surface area contributed by atoms with Crippen molar-refractivity contribution in [1.29, 1.82) is 0 Å². The molecule has 2 atom stereocenters. The van der Waals surface area contributed by atoms with Crippen LogP contribution in [-0.2, 0) is 4.74 Å². The van der Waals surface area contributed by atoms with E-state index >= 15 is 0 Å². The first-order valence-corrected chi connectivity index (χ1v) is 6.31. The number of hydrogen-bond acceptors (Lipinski definition) is 2. The number of rotatable bonds is 1. The first kappa shape index (κ1) is 9.17. The van der Waals surface area contributed by atoms with Gasteiger partial charge in [-0.1, -0.05) is 0 Å². The van der Waals surface area contributed by atoms with Crippen LogP contribution >= 0.6 is 0 Å². The molecule has 1 saturated carbocycles. The van der Waals surface area contributed by atoms with Crippen LogP contribution in [0.2, 0.25) is 0 Å². The Bertz CT molecular complexity index is 212. The number of hydrogen-bond donors (Lipinski definition) is 0. The van der Waals surface area contributed by atoms with Crippen molar-refractivity contribution < 1.29 is 4.74 Å². The third-order valence-electron chi connectivity index (χ3n) is 4.42.